The number of aromatic nitrogens is 2. The van der Waals surface area contributed by atoms with E-state index in [-0.39, 0.29) is 24.0 Å². The zero-order chi connectivity index (χ0) is 21.2. The molecular formula is C22H28IN5O2S. The normalized spacial score (nSPS) is 10.9. The molecule has 0 atom stereocenters. The highest BCUT2D eigenvalue weighted by atomic mass is 127. The van der Waals surface area contributed by atoms with Gasteiger partial charge in [0.25, 0.3) is 0 Å². The summed E-state index contributed by atoms with van der Waals surface area (Å²) in [6.07, 6.45) is 5.67. The molecule has 0 aliphatic rings. The second-order valence-corrected chi connectivity index (χ2v) is 7.66. The number of ether oxygens (including phenoxy) is 2. The lowest BCUT2D eigenvalue weighted by molar-refractivity contribution is 0.412. The van der Waals surface area contributed by atoms with Crippen molar-refractivity contribution in [3.8, 4) is 17.4 Å². The molecule has 0 bridgehead atoms. The van der Waals surface area contributed by atoms with E-state index < -0.39 is 0 Å². The zero-order valence-corrected chi connectivity index (χ0v) is 21.1. The highest BCUT2D eigenvalue weighted by Crippen LogP contribution is 2.22. The molecule has 0 radical (unpaired) electrons. The molecule has 0 aliphatic heterocycles. The molecule has 3 aromatic rings. The standard InChI is InChI=1S/C22H27N5O2S.HI/c1-4-19-15-26-21(30-19)11-12-24-22(23-2)27-14-16-5-10-20(25-13-16)29-18-8-6-17(28-3)7-9-18;/h5-10,13,15H,4,11-12,14H2,1-3H3,(H2,23,24,27);1H. The van der Waals surface area contributed by atoms with Crippen molar-refractivity contribution in [1.29, 1.82) is 0 Å². The summed E-state index contributed by atoms with van der Waals surface area (Å²) in [5.74, 6) is 2.79. The maximum absolute atomic E-state index is 5.76. The van der Waals surface area contributed by atoms with E-state index in [4.69, 9.17) is 9.47 Å². The Bertz CT molecular complexity index is 945. The smallest absolute Gasteiger partial charge is 0.219 e. The van der Waals surface area contributed by atoms with Crippen LogP contribution < -0.4 is 20.1 Å². The van der Waals surface area contributed by atoms with Gasteiger partial charge in [0.1, 0.15) is 11.5 Å². The number of nitrogens with one attached hydrogen (secondary N) is 2. The van der Waals surface area contributed by atoms with Crippen molar-refractivity contribution in [2.24, 2.45) is 4.99 Å². The minimum absolute atomic E-state index is 0. The molecule has 0 fully saturated rings. The van der Waals surface area contributed by atoms with Crippen LogP contribution in [0, 0.1) is 0 Å². The van der Waals surface area contributed by atoms with Crippen LogP contribution >= 0.6 is 35.3 Å². The topological polar surface area (TPSA) is 80.7 Å². The summed E-state index contributed by atoms with van der Waals surface area (Å²) in [4.78, 5) is 14.4. The van der Waals surface area contributed by atoms with Crippen LogP contribution in [0.15, 0.2) is 53.8 Å². The Kier molecular flexibility index (Phi) is 10.5. The van der Waals surface area contributed by atoms with E-state index in [9.17, 15) is 0 Å². The predicted molar refractivity (Wildman–Crippen MR) is 136 cm³/mol. The van der Waals surface area contributed by atoms with Gasteiger partial charge in [-0.25, -0.2) is 9.97 Å². The van der Waals surface area contributed by atoms with Gasteiger partial charge in [0.15, 0.2) is 5.96 Å². The first kappa shape index (κ1) is 24.9. The van der Waals surface area contributed by atoms with Gasteiger partial charge in [-0.05, 0) is 36.2 Å². The first-order valence-electron chi connectivity index (χ1n) is 9.85. The van der Waals surface area contributed by atoms with Crippen molar-refractivity contribution in [3.05, 3.63) is 64.2 Å². The molecule has 2 heterocycles. The van der Waals surface area contributed by atoms with E-state index in [0.717, 1.165) is 41.7 Å². The number of halogens is 1. The number of benzene rings is 1. The average Bonchev–Trinajstić information content (AvgIpc) is 3.25. The number of hydrogen-bond acceptors (Lipinski definition) is 6. The average molecular weight is 553 g/mol. The van der Waals surface area contributed by atoms with Gasteiger partial charge in [0, 0.05) is 49.9 Å². The van der Waals surface area contributed by atoms with Crippen LogP contribution in [0.2, 0.25) is 0 Å². The Morgan fingerprint density at radius 2 is 1.81 bits per heavy atom. The molecule has 31 heavy (non-hydrogen) atoms. The Morgan fingerprint density at radius 3 is 2.42 bits per heavy atom. The highest BCUT2D eigenvalue weighted by molar-refractivity contribution is 14.0. The van der Waals surface area contributed by atoms with Crippen molar-refractivity contribution in [3.63, 3.8) is 0 Å². The monoisotopic (exact) mass is 553 g/mol. The fourth-order valence-electron chi connectivity index (χ4n) is 2.66. The second-order valence-electron chi connectivity index (χ2n) is 6.46. The minimum Gasteiger partial charge on any atom is -0.497 e. The highest BCUT2D eigenvalue weighted by Gasteiger charge is 2.04. The molecule has 9 heteroatoms. The van der Waals surface area contributed by atoms with Crippen molar-refractivity contribution in [2.75, 3.05) is 20.7 Å². The van der Waals surface area contributed by atoms with Crippen LogP contribution in [0.1, 0.15) is 22.4 Å². The van der Waals surface area contributed by atoms with E-state index >= 15 is 0 Å². The van der Waals surface area contributed by atoms with Crippen molar-refractivity contribution in [2.45, 2.75) is 26.3 Å². The van der Waals surface area contributed by atoms with E-state index in [1.54, 1.807) is 31.7 Å². The van der Waals surface area contributed by atoms with Crippen LogP contribution in [0.4, 0.5) is 0 Å². The molecule has 2 N–H and O–H groups in total. The summed E-state index contributed by atoms with van der Waals surface area (Å²) in [7, 11) is 3.40. The number of pyridine rings is 1. The minimum atomic E-state index is 0. The van der Waals surface area contributed by atoms with Gasteiger partial charge >= 0.3 is 0 Å². The maximum atomic E-state index is 5.76. The second kappa shape index (κ2) is 13.1. The molecule has 0 saturated carbocycles. The van der Waals surface area contributed by atoms with Gasteiger partial charge < -0.3 is 20.1 Å². The van der Waals surface area contributed by atoms with E-state index in [2.05, 4.69) is 32.5 Å². The molecule has 166 valence electrons. The number of hydrogen-bond donors (Lipinski definition) is 2. The molecule has 1 aromatic carbocycles. The molecule has 0 aliphatic carbocycles. The van der Waals surface area contributed by atoms with Crippen molar-refractivity contribution < 1.29 is 9.47 Å². The zero-order valence-electron chi connectivity index (χ0n) is 17.9. The number of rotatable bonds is 9. The van der Waals surface area contributed by atoms with E-state index in [1.807, 2.05) is 42.6 Å². The van der Waals surface area contributed by atoms with Crippen LogP contribution in [0.5, 0.6) is 17.4 Å². The van der Waals surface area contributed by atoms with Crippen LogP contribution in [-0.2, 0) is 19.4 Å². The van der Waals surface area contributed by atoms with Gasteiger partial charge in [-0.1, -0.05) is 13.0 Å². The van der Waals surface area contributed by atoms with Crippen LogP contribution in [-0.4, -0.2) is 36.6 Å². The van der Waals surface area contributed by atoms with Gasteiger partial charge in [-0.3, -0.25) is 4.99 Å². The quantitative estimate of drug-likeness (QED) is 0.232. The molecule has 0 spiro atoms. The van der Waals surface area contributed by atoms with Crippen LogP contribution in [0.25, 0.3) is 0 Å². The number of guanidine groups is 1. The van der Waals surface area contributed by atoms with Crippen LogP contribution in [0.3, 0.4) is 0 Å². The summed E-state index contributed by atoms with van der Waals surface area (Å²) >= 11 is 1.77. The van der Waals surface area contributed by atoms with E-state index in [0.29, 0.717) is 18.2 Å². The first-order valence-corrected chi connectivity index (χ1v) is 10.7. The number of nitrogens with zero attached hydrogens (tertiary/aromatic N) is 3. The van der Waals surface area contributed by atoms with Crippen molar-refractivity contribution in [1.82, 2.24) is 20.6 Å². The Morgan fingerprint density at radius 1 is 1.03 bits per heavy atom. The fourth-order valence-corrected chi connectivity index (χ4v) is 3.52. The first-order chi connectivity index (χ1) is 14.7. The van der Waals surface area contributed by atoms with Gasteiger partial charge in [0.05, 0.1) is 12.1 Å². The number of aliphatic imine (C=N–C) groups is 1. The molecule has 2 aromatic heterocycles. The maximum Gasteiger partial charge on any atom is 0.219 e. The summed E-state index contributed by atoms with van der Waals surface area (Å²) in [6.45, 7) is 3.55. The number of aryl methyl sites for hydroxylation is 1. The lowest BCUT2D eigenvalue weighted by Crippen LogP contribution is -2.37. The molecular weight excluding hydrogens is 525 g/mol. The fraction of sp³-hybridized carbons (Fsp3) is 0.318. The van der Waals surface area contributed by atoms with Gasteiger partial charge in [0.2, 0.25) is 5.88 Å². The SMILES string of the molecule is CCc1cnc(CCNC(=NC)NCc2ccc(Oc3ccc(OC)cc3)nc2)s1.I. The summed E-state index contributed by atoms with van der Waals surface area (Å²) in [5, 5.41) is 7.76. The van der Waals surface area contributed by atoms with Gasteiger partial charge in [-0.2, -0.15) is 0 Å². The Balaban J connectivity index is 0.00000341. The third-order valence-corrected chi connectivity index (χ3v) is 5.55. The number of methoxy groups -OCH3 is 1. The summed E-state index contributed by atoms with van der Waals surface area (Å²) < 4.78 is 10.9. The lowest BCUT2D eigenvalue weighted by Gasteiger charge is -2.11. The lowest BCUT2D eigenvalue weighted by atomic mass is 10.3. The summed E-state index contributed by atoms with van der Waals surface area (Å²) in [5.41, 5.74) is 1.03. The van der Waals surface area contributed by atoms with E-state index in [1.165, 1.54) is 4.88 Å². The third kappa shape index (κ3) is 7.98. The Hall–Kier alpha value is -2.40. The Labute approximate surface area is 204 Å². The molecule has 0 amide bonds. The molecule has 3 rings (SSSR count). The largest absolute Gasteiger partial charge is 0.497 e. The summed E-state index contributed by atoms with van der Waals surface area (Å²) in [6, 6.07) is 11.2. The van der Waals surface area contributed by atoms with Crippen molar-refractivity contribution >= 4 is 41.3 Å². The molecule has 7 nitrogen and oxygen atoms in total. The third-order valence-electron chi connectivity index (χ3n) is 4.34. The predicted octanol–water partition coefficient (Wildman–Crippen LogP) is 4.43. The molecule has 0 unspecified atom stereocenters. The van der Waals surface area contributed by atoms with Gasteiger partial charge in [-0.15, -0.1) is 35.3 Å². The molecule has 0 saturated heterocycles. The number of thiazole rings is 1.